The standard InChI is InChI=1S/C22H22N4O4S/c1-11(13-8-18(27)23-9-13)29-17-7-12(6-15-19(17)31-10-24-15)14-4-5-16-20(25-14)26-21(28)22(2,3)30-16/h4-7,10-11,13H,8-9H2,1-3H3,(H,23,27)(H,25,26,28). The molecule has 5 rings (SSSR count). The minimum Gasteiger partial charge on any atom is -0.489 e. The lowest BCUT2D eigenvalue weighted by atomic mass is 10.0. The molecule has 9 heteroatoms. The lowest BCUT2D eigenvalue weighted by Gasteiger charge is -2.30. The van der Waals surface area contributed by atoms with E-state index in [1.807, 2.05) is 31.2 Å². The summed E-state index contributed by atoms with van der Waals surface area (Å²) >= 11 is 1.51. The lowest BCUT2D eigenvalue weighted by molar-refractivity contribution is -0.129. The monoisotopic (exact) mass is 438 g/mol. The average Bonchev–Trinajstić information content (AvgIpc) is 3.37. The molecule has 1 saturated heterocycles. The van der Waals surface area contributed by atoms with Crippen LogP contribution < -0.4 is 20.1 Å². The van der Waals surface area contributed by atoms with Gasteiger partial charge in [-0.05, 0) is 45.0 Å². The number of amides is 2. The molecule has 1 fully saturated rings. The number of rotatable bonds is 4. The highest BCUT2D eigenvalue weighted by Crippen LogP contribution is 2.38. The van der Waals surface area contributed by atoms with E-state index < -0.39 is 5.60 Å². The number of fused-ring (bicyclic) bond motifs is 2. The maximum atomic E-state index is 12.3. The number of aromatic nitrogens is 2. The molecule has 3 aromatic rings. The van der Waals surface area contributed by atoms with Crippen LogP contribution >= 0.6 is 11.3 Å². The molecule has 0 radical (unpaired) electrons. The molecule has 31 heavy (non-hydrogen) atoms. The average molecular weight is 439 g/mol. The Morgan fingerprint density at radius 1 is 1.29 bits per heavy atom. The highest BCUT2D eigenvalue weighted by molar-refractivity contribution is 7.17. The number of nitrogens with zero attached hydrogens (tertiary/aromatic N) is 2. The van der Waals surface area contributed by atoms with Crippen LogP contribution in [0.3, 0.4) is 0 Å². The molecule has 4 heterocycles. The van der Waals surface area contributed by atoms with E-state index in [-0.39, 0.29) is 23.8 Å². The Morgan fingerprint density at radius 3 is 2.90 bits per heavy atom. The molecule has 8 nitrogen and oxygen atoms in total. The van der Waals surface area contributed by atoms with Crippen molar-refractivity contribution in [1.82, 2.24) is 15.3 Å². The molecule has 2 aliphatic heterocycles. The molecule has 2 amide bonds. The predicted molar refractivity (Wildman–Crippen MR) is 117 cm³/mol. The van der Waals surface area contributed by atoms with Crippen LogP contribution in [-0.4, -0.2) is 40.0 Å². The third-order valence-corrected chi connectivity index (χ3v) is 6.54. The number of thiazole rings is 1. The molecular formula is C22H22N4O4S. The second-order valence-corrected chi connectivity index (χ2v) is 9.23. The number of pyridine rings is 1. The van der Waals surface area contributed by atoms with Crippen LogP contribution in [0.2, 0.25) is 0 Å². The van der Waals surface area contributed by atoms with Crippen LogP contribution in [-0.2, 0) is 9.59 Å². The Bertz CT molecular complexity index is 1210. The van der Waals surface area contributed by atoms with E-state index >= 15 is 0 Å². The lowest BCUT2D eigenvalue weighted by Crippen LogP contribution is -2.46. The van der Waals surface area contributed by atoms with Crippen molar-refractivity contribution >= 4 is 39.2 Å². The minimum atomic E-state index is -0.941. The van der Waals surface area contributed by atoms with Gasteiger partial charge in [-0.2, -0.15) is 0 Å². The number of carbonyl (C=O) groups is 2. The second kappa shape index (κ2) is 7.19. The normalized spacial score (nSPS) is 20.5. The first-order chi connectivity index (χ1) is 14.8. The third kappa shape index (κ3) is 3.59. The fourth-order valence-electron chi connectivity index (χ4n) is 3.79. The largest absolute Gasteiger partial charge is 0.489 e. The predicted octanol–water partition coefficient (Wildman–Crippen LogP) is 3.37. The van der Waals surface area contributed by atoms with Gasteiger partial charge in [-0.3, -0.25) is 9.59 Å². The van der Waals surface area contributed by atoms with E-state index in [4.69, 9.17) is 9.47 Å². The maximum absolute atomic E-state index is 12.3. The molecule has 2 atom stereocenters. The summed E-state index contributed by atoms with van der Waals surface area (Å²) < 4.78 is 13.0. The van der Waals surface area contributed by atoms with Gasteiger partial charge in [0.05, 0.1) is 21.4 Å². The number of anilines is 1. The second-order valence-electron chi connectivity index (χ2n) is 8.38. The summed E-state index contributed by atoms with van der Waals surface area (Å²) in [5.41, 5.74) is 3.15. The van der Waals surface area contributed by atoms with Gasteiger partial charge in [0, 0.05) is 24.4 Å². The molecule has 2 aliphatic rings. The van der Waals surface area contributed by atoms with Crippen molar-refractivity contribution in [3.05, 3.63) is 29.8 Å². The number of hydrogen-bond acceptors (Lipinski definition) is 7. The van der Waals surface area contributed by atoms with Gasteiger partial charge in [-0.25, -0.2) is 9.97 Å². The van der Waals surface area contributed by atoms with Crippen LogP contribution in [0.1, 0.15) is 27.2 Å². The molecule has 1 aromatic carbocycles. The topological polar surface area (TPSA) is 102 Å². The summed E-state index contributed by atoms with van der Waals surface area (Å²) in [5, 5.41) is 5.68. The van der Waals surface area contributed by atoms with Crippen LogP contribution in [0, 0.1) is 5.92 Å². The zero-order chi connectivity index (χ0) is 21.8. The molecular weight excluding hydrogens is 416 g/mol. The number of benzene rings is 1. The Morgan fingerprint density at radius 2 is 2.13 bits per heavy atom. The van der Waals surface area contributed by atoms with Gasteiger partial charge in [-0.1, -0.05) is 0 Å². The van der Waals surface area contributed by atoms with Gasteiger partial charge in [0.15, 0.2) is 17.2 Å². The van der Waals surface area contributed by atoms with Crippen LogP contribution in [0.15, 0.2) is 29.8 Å². The summed E-state index contributed by atoms with van der Waals surface area (Å²) in [6, 6.07) is 7.55. The Labute approximate surface area is 183 Å². The highest BCUT2D eigenvalue weighted by atomic mass is 32.1. The minimum absolute atomic E-state index is 0.0582. The van der Waals surface area contributed by atoms with Gasteiger partial charge in [0.1, 0.15) is 11.9 Å². The third-order valence-electron chi connectivity index (χ3n) is 5.68. The Kier molecular flexibility index (Phi) is 4.58. The Hall–Kier alpha value is -3.20. The van der Waals surface area contributed by atoms with Gasteiger partial charge < -0.3 is 20.1 Å². The summed E-state index contributed by atoms with van der Waals surface area (Å²) in [5.74, 6) is 1.58. The van der Waals surface area contributed by atoms with Gasteiger partial charge >= 0.3 is 0 Å². The smallest absolute Gasteiger partial charge is 0.269 e. The van der Waals surface area contributed by atoms with E-state index in [1.54, 1.807) is 19.4 Å². The van der Waals surface area contributed by atoms with Crippen molar-refractivity contribution in [2.45, 2.75) is 38.9 Å². The van der Waals surface area contributed by atoms with Crippen LogP contribution in [0.4, 0.5) is 5.82 Å². The quantitative estimate of drug-likeness (QED) is 0.648. The molecule has 160 valence electrons. The zero-order valence-electron chi connectivity index (χ0n) is 17.4. The van der Waals surface area contributed by atoms with Crippen LogP contribution in [0.5, 0.6) is 11.5 Å². The van der Waals surface area contributed by atoms with E-state index in [1.165, 1.54) is 11.3 Å². The SMILES string of the molecule is CC(Oc1cc(-c2ccc3c(n2)NC(=O)C(C)(C)O3)cc2ncsc12)C1CNC(=O)C1. The molecule has 0 saturated carbocycles. The molecule has 0 bridgehead atoms. The number of ether oxygens (including phenoxy) is 2. The number of hydrogen-bond donors (Lipinski definition) is 2. The summed E-state index contributed by atoms with van der Waals surface area (Å²) in [6.07, 6.45) is 0.334. The van der Waals surface area contributed by atoms with E-state index in [2.05, 4.69) is 20.6 Å². The summed E-state index contributed by atoms with van der Waals surface area (Å²) in [7, 11) is 0. The number of nitrogens with one attached hydrogen (secondary N) is 2. The fourth-order valence-corrected chi connectivity index (χ4v) is 4.51. The van der Waals surface area contributed by atoms with Crippen molar-refractivity contribution < 1.29 is 19.1 Å². The van der Waals surface area contributed by atoms with Crippen molar-refractivity contribution in [1.29, 1.82) is 0 Å². The van der Waals surface area contributed by atoms with E-state index in [0.717, 1.165) is 15.8 Å². The number of carbonyl (C=O) groups excluding carboxylic acids is 2. The van der Waals surface area contributed by atoms with Crippen molar-refractivity contribution in [2.75, 3.05) is 11.9 Å². The van der Waals surface area contributed by atoms with Crippen molar-refractivity contribution in [3.63, 3.8) is 0 Å². The van der Waals surface area contributed by atoms with Gasteiger partial charge in [0.25, 0.3) is 5.91 Å². The highest BCUT2D eigenvalue weighted by Gasteiger charge is 2.36. The first-order valence-electron chi connectivity index (χ1n) is 10.1. The van der Waals surface area contributed by atoms with Gasteiger partial charge in [0.2, 0.25) is 5.91 Å². The van der Waals surface area contributed by atoms with E-state index in [0.29, 0.717) is 36.0 Å². The molecule has 2 unspecified atom stereocenters. The zero-order valence-corrected chi connectivity index (χ0v) is 18.2. The van der Waals surface area contributed by atoms with Crippen LogP contribution in [0.25, 0.3) is 21.5 Å². The summed E-state index contributed by atoms with van der Waals surface area (Å²) in [6.45, 7) is 6.03. The van der Waals surface area contributed by atoms with E-state index in [9.17, 15) is 9.59 Å². The molecule has 2 N–H and O–H groups in total. The first-order valence-corrected chi connectivity index (χ1v) is 11.0. The summed E-state index contributed by atoms with van der Waals surface area (Å²) in [4.78, 5) is 32.9. The first kappa shape index (κ1) is 19.7. The van der Waals surface area contributed by atoms with Crippen molar-refractivity contribution in [3.8, 4) is 22.8 Å². The molecule has 2 aromatic heterocycles. The molecule has 0 aliphatic carbocycles. The van der Waals surface area contributed by atoms with Gasteiger partial charge in [-0.15, -0.1) is 11.3 Å². The maximum Gasteiger partial charge on any atom is 0.269 e. The molecule has 0 spiro atoms. The van der Waals surface area contributed by atoms with Crippen molar-refractivity contribution in [2.24, 2.45) is 5.92 Å². The fraction of sp³-hybridized carbons (Fsp3) is 0.364. The Balaban J connectivity index is 1.49.